The minimum Gasteiger partial charge on any atom is -0.462 e. The summed E-state index contributed by atoms with van der Waals surface area (Å²) in [5, 5.41) is 10.6. The molecule has 17 nitrogen and oxygen atoms in total. The van der Waals surface area contributed by atoms with E-state index in [0.717, 1.165) is 154 Å². The smallest absolute Gasteiger partial charge is 0.462 e. The molecule has 19 heteroatoms. The Morgan fingerprint density at radius 3 is 0.777 bits per heavy atom. The molecular weight excluding hydrogens is 1230 g/mol. The van der Waals surface area contributed by atoms with E-state index in [1.807, 2.05) is 0 Å². The van der Waals surface area contributed by atoms with Crippen LogP contribution >= 0.6 is 15.6 Å². The second-order valence-electron chi connectivity index (χ2n) is 25.6. The molecule has 3 N–H and O–H groups in total. The zero-order chi connectivity index (χ0) is 69.0. The van der Waals surface area contributed by atoms with Gasteiger partial charge in [-0.2, -0.15) is 0 Å². The van der Waals surface area contributed by atoms with Crippen molar-refractivity contribution in [1.29, 1.82) is 0 Å². The summed E-state index contributed by atoms with van der Waals surface area (Å²) in [6, 6.07) is 0. The number of hydrogen-bond donors (Lipinski definition) is 3. The predicted octanol–water partition coefficient (Wildman–Crippen LogP) is 21.3. The summed E-state index contributed by atoms with van der Waals surface area (Å²) in [4.78, 5) is 72.7. The Morgan fingerprint density at radius 1 is 0.287 bits per heavy atom. The molecular formula is C75H138O17P2. The van der Waals surface area contributed by atoms with Crippen LogP contribution in [0.4, 0.5) is 0 Å². The Hall–Kier alpha value is -2.98. The molecule has 550 valence electrons. The van der Waals surface area contributed by atoms with Crippen molar-refractivity contribution in [3.8, 4) is 0 Å². The summed E-state index contributed by atoms with van der Waals surface area (Å²) in [6.45, 7) is 4.82. The Kier molecular flexibility index (Phi) is 66.4. The van der Waals surface area contributed by atoms with Gasteiger partial charge in [0.1, 0.15) is 19.3 Å². The van der Waals surface area contributed by atoms with Crippen LogP contribution in [0.5, 0.6) is 0 Å². The fourth-order valence-electron chi connectivity index (χ4n) is 10.4. The molecule has 0 bridgehead atoms. The highest BCUT2D eigenvalue weighted by atomic mass is 31.2. The predicted molar refractivity (Wildman–Crippen MR) is 381 cm³/mol. The maximum absolute atomic E-state index is 13.0. The minimum atomic E-state index is -4.97. The molecule has 0 amide bonds. The lowest BCUT2D eigenvalue weighted by molar-refractivity contribution is -0.161. The number of phosphoric ester groups is 2. The summed E-state index contributed by atoms with van der Waals surface area (Å²) < 4.78 is 68.4. The fourth-order valence-corrected chi connectivity index (χ4v) is 11.9. The Morgan fingerprint density at radius 2 is 0.500 bits per heavy atom. The Bertz CT molecular complexity index is 1980. The molecule has 0 radical (unpaired) electrons. The first-order valence-electron chi connectivity index (χ1n) is 37.9. The Labute approximate surface area is 572 Å². The molecule has 0 fully saturated rings. The number of ether oxygens (including phenoxy) is 4. The lowest BCUT2D eigenvalue weighted by Gasteiger charge is -2.21. The number of allylic oxidation sites excluding steroid dienone is 8. The zero-order valence-corrected chi connectivity index (χ0v) is 61.7. The van der Waals surface area contributed by atoms with Gasteiger partial charge in [-0.15, -0.1) is 0 Å². The van der Waals surface area contributed by atoms with Crippen LogP contribution in [0.15, 0.2) is 48.6 Å². The standard InChI is InChI=1S/C75H138O17P2/c1-5-9-13-17-21-25-29-32-34-37-40-43-47-51-55-59-72(77)85-65-70(91-74(79)61-57-53-49-45-39-28-24-20-16-12-8-4)67-89-93(81,82)87-63-69(76)64-88-94(83,84)90-68-71(92-75(80)62-58-54-50-46-42-36-31-27-23-19-15-11-7-3)66-86-73(78)60-56-52-48-44-41-38-35-33-30-26-22-18-14-10-6-2/h20,24,27,31-35,69-71,76H,5-19,21-23,25-26,28-30,36-68H2,1-4H3,(H,81,82)(H,83,84)/b24-20-,31-27-,34-32-,35-33-. The molecule has 94 heavy (non-hydrogen) atoms. The minimum absolute atomic E-state index is 0.0871. The van der Waals surface area contributed by atoms with E-state index in [1.54, 1.807) is 0 Å². The number of carbonyl (C=O) groups excluding carboxylic acids is 4. The molecule has 0 saturated carbocycles. The molecule has 5 atom stereocenters. The molecule has 0 rings (SSSR count). The number of carbonyl (C=O) groups is 4. The second kappa shape index (κ2) is 68.5. The molecule has 0 aliphatic carbocycles. The van der Waals surface area contributed by atoms with Crippen molar-refractivity contribution in [2.45, 2.75) is 367 Å². The number of esters is 4. The van der Waals surface area contributed by atoms with Crippen LogP contribution in [0.3, 0.4) is 0 Å². The van der Waals surface area contributed by atoms with Gasteiger partial charge in [0, 0.05) is 25.7 Å². The van der Waals surface area contributed by atoms with Crippen LogP contribution in [0, 0.1) is 0 Å². The first-order valence-corrected chi connectivity index (χ1v) is 40.9. The Balaban J connectivity index is 5.30. The molecule has 0 aliphatic heterocycles. The second-order valence-corrected chi connectivity index (χ2v) is 28.5. The van der Waals surface area contributed by atoms with Crippen molar-refractivity contribution in [3.05, 3.63) is 48.6 Å². The first kappa shape index (κ1) is 91.0. The zero-order valence-electron chi connectivity index (χ0n) is 59.9. The lowest BCUT2D eigenvalue weighted by Crippen LogP contribution is -2.30. The van der Waals surface area contributed by atoms with Crippen molar-refractivity contribution in [2.24, 2.45) is 0 Å². The van der Waals surface area contributed by atoms with E-state index >= 15 is 0 Å². The average Bonchev–Trinajstić information content (AvgIpc) is 2.22. The van der Waals surface area contributed by atoms with Crippen molar-refractivity contribution in [1.82, 2.24) is 0 Å². The van der Waals surface area contributed by atoms with E-state index in [4.69, 9.17) is 37.0 Å². The van der Waals surface area contributed by atoms with Crippen LogP contribution in [-0.4, -0.2) is 96.7 Å². The van der Waals surface area contributed by atoms with Crippen LogP contribution in [-0.2, 0) is 65.4 Å². The number of rotatable bonds is 72. The average molecular weight is 1370 g/mol. The summed E-state index contributed by atoms with van der Waals surface area (Å²) in [7, 11) is -9.93. The van der Waals surface area contributed by atoms with E-state index in [-0.39, 0.29) is 25.7 Å². The van der Waals surface area contributed by atoms with Crippen molar-refractivity contribution >= 4 is 39.5 Å². The third-order valence-corrected chi connectivity index (χ3v) is 18.1. The van der Waals surface area contributed by atoms with Crippen LogP contribution in [0.25, 0.3) is 0 Å². The highest BCUT2D eigenvalue weighted by Gasteiger charge is 2.30. The quantitative estimate of drug-likeness (QED) is 0.0169. The van der Waals surface area contributed by atoms with Gasteiger partial charge in [-0.3, -0.25) is 37.3 Å². The van der Waals surface area contributed by atoms with Gasteiger partial charge in [-0.05, 0) is 122 Å². The van der Waals surface area contributed by atoms with Gasteiger partial charge in [0.25, 0.3) is 0 Å². The van der Waals surface area contributed by atoms with Gasteiger partial charge < -0.3 is 33.8 Å². The third-order valence-electron chi connectivity index (χ3n) is 16.2. The van der Waals surface area contributed by atoms with Crippen molar-refractivity contribution < 1.29 is 80.2 Å². The van der Waals surface area contributed by atoms with Gasteiger partial charge in [-0.25, -0.2) is 9.13 Å². The maximum atomic E-state index is 13.0. The van der Waals surface area contributed by atoms with E-state index in [1.165, 1.54) is 116 Å². The van der Waals surface area contributed by atoms with Crippen molar-refractivity contribution in [3.63, 3.8) is 0 Å². The molecule has 5 unspecified atom stereocenters. The maximum Gasteiger partial charge on any atom is 0.472 e. The van der Waals surface area contributed by atoms with Gasteiger partial charge in [0.15, 0.2) is 12.2 Å². The molecule has 0 aromatic heterocycles. The van der Waals surface area contributed by atoms with Gasteiger partial charge in [-0.1, -0.05) is 250 Å². The molecule has 0 spiro atoms. The van der Waals surface area contributed by atoms with Crippen molar-refractivity contribution in [2.75, 3.05) is 39.6 Å². The molecule has 0 aromatic carbocycles. The molecule has 0 heterocycles. The normalized spacial score (nSPS) is 14.2. The number of hydrogen-bond acceptors (Lipinski definition) is 15. The fraction of sp³-hybridized carbons (Fsp3) is 0.840. The van der Waals surface area contributed by atoms with E-state index in [0.29, 0.717) is 25.7 Å². The number of aliphatic hydroxyl groups is 1. The topological polar surface area (TPSA) is 237 Å². The van der Waals surface area contributed by atoms with Gasteiger partial charge in [0.2, 0.25) is 0 Å². The van der Waals surface area contributed by atoms with E-state index in [9.17, 15) is 43.2 Å². The van der Waals surface area contributed by atoms with Crippen LogP contribution in [0.2, 0.25) is 0 Å². The highest BCUT2D eigenvalue weighted by Crippen LogP contribution is 2.45. The molecule has 0 aliphatic rings. The number of unbranched alkanes of at least 4 members (excludes halogenated alkanes) is 38. The van der Waals surface area contributed by atoms with Gasteiger partial charge in [0.05, 0.1) is 26.4 Å². The van der Waals surface area contributed by atoms with Gasteiger partial charge >= 0.3 is 39.5 Å². The molecule has 0 saturated heterocycles. The largest absolute Gasteiger partial charge is 0.472 e. The highest BCUT2D eigenvalue weighted by molar-refractivity contribution is 7.47. The number of aliphatic hydroxyl groups excluding tert-OH is 1. The summed E-state index contributed by atoms with van der Waals surface area (Å²) >= 11 is 0. The summed E-state index contributed by atoms with van der Waals surface area (Å²) in [5.41, 5.74) is 0. The van der Waals surface area contributed by atoms with E-state index < -0.39 is 97.5 Å². The SMILES string of the molecule is CCCC/C=C\CCCCCCCC(=O)OC(COC(=O)CCCCCCC/C=C\CCCCCCCC)COP(=O)(O)OCC(O)COP(=O)(O)OCC(COC(=O)CCCCCCC/C=C\CCCCCCCC)OC(=O)CCCCCCC/C=C\CCCCCC. The summed E-state index contributed by atoms with van der Waals surface area (Å²) in [5.74, 6) is -2.18. The third kappa shape index (κ3) is 67.6. The van der Waals surface area contributed by atoms with Crippen LogP contribution < -0.4 is 0 Å². The number of phosphoric acid groups is 2. The van der Waals surface area contributed by atoms with Crippen LogP contribution in [0.1, 0.15) is 349 Å². The first-order chi connectivity index (χ1) is 45.7. The van der Waals surface area contributed by atoms with E-state index in [2.05, 4.69) is 76.3 Å². The summed E-state index contributed by atoms with van der Waals surface area (Å²) in [6.07, 6.45) is 63.9. The monoisotopic (exact) mass is 1370 g/mol. The molecule has 0 aromatic rings. The lowest BCUT2D eigenvalue weighted by atomic mass is 10.1.